The third-order valence-corrected chi connectivity index (χ3v) is 1.47. The molecule has 0 spiro atoms. The van der Waals surface area contributed by atoms with Gasteiger partial charge >= 0.3 is 0 Å². The summed E-state index contributed by atoms with van der Waals surface area (Å²) in [6.07, 6.45) is 0. The van der Waals surface area contributed by atoms with Crippen molar-refractivity contribution in [1.29, 1.82) is 0 Å². The van der Waals surface area contributed by atoms with E-state index in [1.807, 2.05) is 32.0 Å². The second-order valence-electron chi connectivity index (χ2n) is 2.44. The lowest BCUT2D eigenvalue weighted by Gasteiger charge is -2.04. The van der Waals surface area contributed by atoms with Crippen LogP contribution in [-0.4, -0.2) is 18.3 Å². The normalized spacial score (nSPS) is 8.86. The van der Waals surface area contributed by atoms with Crippen LogP contribution in [0.15, 0.2) is 24.3 Å². The minimum atomic E-state index is 0.0415. The van der Waals surface area contributed by atoms with Crippen LogP contribution in [0.3, 0.4) is 0 Å². The highest BCUT2D eigenvalue weighted by Gasteiger charge is 1.94. The van der Waals surface area contributed by atoms with Gasteiger partial charge in [0.2, 0.25) is 0 Å². The molecule has 3 nitrogen and oxygen atoms in total. The first kappa shape index (κ1) is 12.9. The van der Waals surface area contributed by atoms with Gasteiger partial charge in [-0.05, 0) is 17.7 Å². The van der Waals surface area contributed by atoms with Crippen molar-refractivity contribution in [1.82, 2.24) is 0 Å². The van der Waals surface area contributed by atoms with Crippen LogP contribution < -0.4 is 10.5 Å². The molecule has 0 bridgehead atoms. The van der Waals surface area contributed by atoms with Gasteiger partial charge in [0.05, 0.1) is 6.61 Å². The zero-order valence-electron chi connectivity index (χ0n) is 8.86. The molecule has 80 valence electrons. The van der Waals surface area contributed by atoms with Gasteiger partial charge in [0.15, 0.2) is 0 Å². The van der Waals surface area contributed by atoms with Crippen LogP contribution in [0.4, 0.5) is 0 Å². The molecule has 0 radical (unpaired) electrons. The summed E-state index contributed by atoms with van der Waals surface area (Å²) in [5.74, 6) is 0.756. The Balaban J connectivity index is 0.000000791. The average Bonchev–Trinajstić information content (AvgIpc) is 2.29. The molecule has 1 rings (SSSR count). The zero-order valence-corrected chi connectivity index (χ0v) is 8.86. The molecule has 0 heterocycles. The van der Waals surface area contributed by atoms with Gasteiger partial charge in [-0.15, -0.1) is 0 Å². The Morgan fingerprint density at radius 2 is 2.07 bits per heavy atom. The van der Waals surface area contributed by atoms with E-state index >= 15 is 0 Å². The first-order valence-electron chi connectivity index (χ1n) is 4.89. The molecule has 0 aliphatic carbocycles. The number of ether oxygens (including phenoxy) is 1. The van der Waals surface area contributed by atoms with Crippen LogP contribution in [-0.2, 0) is 6.61 Å². The van der Waals surface area contributed by atoms with Gasteiger partial charge in [-0.25, -0.2) is 0 Å². The van der Waals surface area contributed by atoms with Gasteiger partial charge in [-0.2, -0.15) is 0 Å². The Morgan fingerprint density at radius 1 is 1.36 bits per heavy atom. The highest BCUT2D eigenvalue weighted by Crippen LogP contribution is 2.12. The maximum atomic E-state index is 8.81. The molecule has 1 aromatic carbocycles. The summed E-state index contributed by atoms with van der Waals surface area (Å²) >= 11 is 0. The van der Waals surface area contributed by atoms with E-state index in [0.717, 1.165) is 11.3 Å². The molecule has 0 aromatic heterocycles. The molecular formula is C11H19NO2. The molecule has 0 aliphatic heterocycles. The molecule has 0 saturated carbocycles. The van der Waals surface area contributed by atoms with Crippen LogP contribution >= 0.6 is 0 Å². The molecule has 0 saturated heterocycles. The van der Waals surface area contributed by atoms with Crippen molar-refractivity contribution in [3.63, 3.8) is 0 Å². The summed E-state index contributed by atoms with van der Waals surface area (Å²) < 4.78 is 5.26. The van der Waals surface area contributed by atoms with Crippen LogP contribution in [0, 0.1) is 0 Å². The van der Waals surface area contributed by atoms with Crippen molar-refractivity contribution >= 4 is 0 Å². The van der Waals surface area contributed by atoms with Gasteiger partial charge in [0.25, 0.3) is 0 Å². The number of hydrogen-bond donors (Lipinski definition) is 2. The molecule has 1 aromatic rings. The van der Waals surface area contributed by atoms with E-state index in [2.05, 4.69) is 0 Å². The van der Waals surface area contributed by atoms with Crippen LogP contribution in [0.1, 0.15) is 19.4 Å². The lowest BCUT2D eigenvalue weighted by atomic mass is 10.2. The fourth-order valence-corrected chi connectivity index (χ4v) is 0.910. The van der Waals surface area contributed by atoms with Crippen molar-refractivity contribution in [2.45, 2.75) is 20.5 Å². The molecule has 0 unspecified atom stereocenters. The van der Waals surface area contributed by atoms with Crippen molar-refractivity contribution < 1.29 is 9.84 Å². The Morgan fingerprint density at radius 3 is 2.64 bits per heavy atom. The highest BCUT2D eigenvalue weighted by atomic mass is 16.5. The van der Waals surface area contributed by atoms with Gasteiger partial charge in [0, 0.05) is 6.54 Å². The largest absolute Gasteiger partial charge is 0.492 e. The topological polar surface area (TPSA) is 55.5 Å². The fraction of sp³-hybridized carbons (Fsp3) is 0.455. The number of rotatable bonds is 4. The Kier molecular flexibility index (Phi) is 7.89. The summed E-state index contributed by atoms with van der Waals surface area (Å²) in [6, 6.07) is 7.33. The first-order valence-corrected chi connectivity index (χ1v) is 4.89. The second-order valence-corrected chi connectivity index (χ2v) is 2.44. The Hall–Kier alpha value is -1.06. The summed E-state index contributed by atoms with van der Waals surface area (Å²) in [5.41, 5.74) is 6.12. The van der Waals surface area contributed by atoms with E-state index in [1.54, 1.807) is 6.07 Å². The predicted molar refractivity (Wildman–Crippen MR) is 58.3 cm³/mol. The fourth-order valence-electron chi connectivity index (χ4n) is 0.910. The van der Waals surface area contributed by atoms with E-state index in [0.29, 0.717) is 13.2 Å². The van der Waals surface area contributed by atoms with E-state index in [-0.39, 0.29) is 6.61 Å². The van der Waals surface area contributed by atoms with Gasteiger partial charge in [-0.1, -0.05) is 26.0 Å². The average molecular weight is 197 g/mol. The molecule has 3 N–H and O–H groups in total. The predicted octanol–water partition coefficient (Wildman–Crippen LogP) is 1.54. The van der Waals surface area contributed by atoms with Crippen molar-refractivity contribution in [3.8, 4) is 5.75 Å². The molecule has 3 heteroatoms. The van der Waals surface area contributed by atoms with Crippen LogP contribution in [0.2, 0.25) is 0 Å². The second kappa shape index (κ2) is 8.53. The lowest BCUT2D eigenvalue weighted by Crippen LogP contribution is -2.10. The lowest BCUT2D eigenvalue weighted by molar-refractivity contribution is 0.279. The summed E-state index contributed by atoms with van der Waals surface area (Å²) in [5, 5.41) is 8.81. The third-order valence-electron chi connectivity index (χ3n) is 1.47. The smallest absolute Gasteiger partial charge is 0.119 e. The molecular weight excluding hydrogens is 178 g/mol. The minimum absolute atomic E-state index is 0.0415. The van der Waals surface area contributed by atoms with E-state index in [4.69, 9.17) is 15.6 Å². The van der Waals surface area contributed by atoms with E-state index in [1.165, 1.54) is 0 Å². The van der Waals surface area contributed by atoms with Crippen LogP contribution in [0.5, 0.6) is 5.75 Å². The Bertz CT molecular complexity index is 238. The van der Waals surface area contributed by atoms with E-state index in [9.17, 15) is 0 Å². The summed E-state index contributed by atoms with van der Waals surface area (Å²) in [6.45, 7) is 5.05. The van der Waals surface area contributed by atoms with Crippen molar-refractivity contribution in [2.24, 2.45) is 5.73 Å². The van der Waals surface area contributed by atoms with Gasteiger partial charge in [0.1, 0.15) is 12.4 Å². The SMILES string of the molecule is CC.NCCOc1cccc(CO)c1. The third kappa shape index (κ3) is 4.84. The van der Waals surface area contributed by atoms with Gasteiger partial charge in [-0.3, -0.25) is 0 Å². The molecule has 14 heavy (non-hydrogen) atoms. The zero-order chi connectivity index (χ0) is 10.8. The molecule has 0 fully saturated rings. The quantitative estimate of drug-likeness (QED) is 0.770. The van der Waals surface area contributed by atoms with Gasteiger partial charge < -0.3 is 15.6 Å². The van der Waals surface area contributed by atoms with Crippen molar-refractivity contribution in [3.05, 3.63) is 29.8 Å². The number of benzene rings is 1. The number of nitrogens with two attached hydrogens (primary N) is 1. The standard InChI is InChI=1S/C9H13NO2.C2H6/c10-4-5-12-9-3-1-2-8(6-9)7-11;1-2/h1-3,6,11H,4-5,7,10H2;1-2H3. The molecule has 0 amide bonds. The van der Waals surface area contributed by atoms with E-state index < -0.39 is 0 Å². The maximum Gasteiger partial charge on any atom is 0.119 e. The number of hydrogen-bond acceptors (Lipinski definition) is 3. The Labute approximate surface area is 85.5 Å². The summed E-state index contributed by atoms with van der Waals surface area (Å²) in [7, 11) is 0. The minimum Gasteiger partial charge on any atom is -0.492 e. The molecule has 0 aliphatic rings. The highest BCUT2D eigenvalue weighted by molar-refractivity contribution is 5.27. The van der Waals surface area contributed by atoms with Crippen molar-refractivity contribution in [2.75, 3.05) is 13.2 Å². The monoisotopic (exact) mass is 197 g/mol. The number of aliphatic hydroxyl groups is 1. The number of aliphatic hydroxyl groups excluding tert-OH is 1. The summed E-state index contributed by atoms with van der Waals surface area (Å²) in [4.78, 5) is 0. The van der Waals surface area contributed by atoms with Crippen LogP contribution in [0.25, 0.3) is 0 Å². The molecule has 0 atom stereocenters. The first-order chi connectivity index (χ1) is 6.86. The maximum absolute atomic E-state index is 8.81.